The minimum Gasteiger partial charge on any atom is -0.372 e. The van der Waals surface area contributed by atoms with Gasteiger partial charge in [0.2, 0.25) is 5.91 Å². The average molecular weight is 234 g/mol. The number of carbonyl (C=O) groups excluding carboxylic acids is 1. The van der Waals surface area contributed by atoms with Gasteiger partial charge in [0.05, 0.1) is 12.2 Å². The molecule has 15 heavy (non-hydrogen) atoms. The highest BCUT2D eigenvalue weighted by Crippen LogP contribution is 2.12. The van der Waals surface area contributed by atoms with E-state index in [1.54, 1.807) is 0 Å². The van der Waals surface area contributed by atoms with Crippen LogP contribution in [0.5, 0.6) is 0 Å². The first kappa shape index (κ1) is 12.8. The van der Waals surface area contributed by atoms with E-state index >= 15 is 0 Å². The lowest BCUT2D eigenvalue weighted by atomic mass is 10.2. The van der Waals surface area contributed by atoms with Crippen molar-refractivity contribution < 1.29 is 9.53 Å². The molecule has 0 radical (unpaired) electrons. The van der Waals surface area contributed by atoms with Gasteiger partial charge in [-0.05, 0) is 26.7 Å². The predicted molar refractivity (Wildman–Crippen MR) is 61.2 cm³/mol. The van der Waals surface area contributed by atoms with Crippen molar-refractivity contribution in [2.24, 2.45) is 0 Å². The number of morpholine rings is 1. The Balaban J connectivity index is 2.31. The van der Waals surface area contributed by atoms with Gasteiger partial charge < -0.3 is 9.64 Å². The quantitative estimate of drug-likeness (QED) is 0.549. The van der Waals surface area contributed by atoms with Gasteiger partial charge in [0.25, 0.3) is 0 Å². The fourth-order valence-corrected chi connectivity index (χ4v) is 2.10. The van der Waals surface area contributed by atoms with Crippen molar-refractivity contribution in [2.45, 2.75) is 45.3 Å². The van der Waals surface area contributed by atoms with Crippen molar-refractivity contribution in [3.8, 4) is 0 Å². The fraction of sp³-hybridized carbons (Fsp3) is 0.909. The molecule has 1 aliphatic rings. The van der Waals surface area contributed by atoms with Crippen LogP contribution in [0.2, 0.25) is 0 Å². The van der Waals surface area contributed by atoms with Crippen LogP contribution in [0.1, 0.15) is 33.1 Å². The smallest absolute Gasteiger partial charge is 0.222 e. The van der Waals surface area contributed by atoms with Gasteiger partial charge in [0, 0.05) is 25.4 Å². The van der Waals surface area contributed by atoms with Gasteiger partial charge in [-0.25, -0.2) is 0 Å². The summed E-state index contributed by atoms with van der Waals surface area (Å²) in [5.74, 6) is 0.880. The second-order valence-electron chi connectivity index (χ2n) is 4.20. The maximum absolute atomic E-state index is 11.8. The first-order chi connectivity index (χ1) is 7.13. The van der Waals surface area contributed by atoms with Crippen LogP contribution in [0.4, 0.5) is 0 Å². The molecule has 0 aromatic carbocycles. The predicted octanol–water partition coefficient (Wildman–Crippen LogP) is 2.03. The van der Waals surface area contributed by atoms with Crippen molar-refractivity contribution >= 4 is 17.5 Å². The van der Waals surface area contributed by atoms with Gasteiger partial charge in [0.15, 0.2) is 0 Å². The Hall–Kier alpha value is -0.280. The number of alkyl halides is 1. The summed E-state index contributed by atoms with van der Waals surface area (Å²) in [5, 5.41) is 0. The molecule has 3 nitrogen and oxygen atoms in total. The van der Waals surface area contributed by atoms with Crippen LogP contribution >= 0.6 is 11.6 Å². The molecule has 1 saturated heterocycles. The molecule has 0 bridgehead atoms. The van der Waals surface area contributed by atoms with E-state index in [1.807, 2.05) is 18.7 Å². The van der Waals surface area contributed by atoms with Crippen LogP contribution in [0, 0.1) is 0 Å². The molecule has 0 spiro atoms. The van der Waals surface area contributed by atoms with E-state index in [4.69, 9.17) is 16.3 Å². The summed E-state index contributed by atoms with van der Waals surface area (Å²) in [6.07, 6.45) is 2.74. The van der Waals surface area contributed by atoms with E-state index in [-0.39, 0.29) is 18.1 Å². The second kappa shape index (κ2) is 6.33. The Morgan fingerprint density at radius 3 is 2.47 bits per heavy atom. The number of halogens is 1. The Bertz CT molecular complexity index is 201. The van der Waals surface area contributed by atoms with Crippen molar-refractivity contribution in [1.82, 2.24) is 4.90 Å². The third-order valence-corrected chi connectivity index (χ3v) is 2.81. The minimum absolute atomic E-state index is 0.158. The molecular formula is C11H20ClNO2. The summed E-state index contributed by atoms with van der Waals surface area (Å²) in [4.78, 5) is 13.7. The molecule has 4 heteroatoms. The highest BCUT2D eigenvalue weighted by atomic mass is 35.5. The summed E-state index contributed by atoms with van der Waals surface area (Å²) < 4.78 is 5.58. The van der Waals surface area contributed by atoms with E-state index in [2.05, 4.69) is 0 Å². The van der Waals surface area contributed by atoms with Gasteiger partial charge in [0.1, 0.15) is 0 Å². The van der Waals surface area contributed by atoms with E-state index in [0.29, 0.717) is 12.3 Å². The molecule has 88 valence electrons. The molecule has 1 heterocycles. The molecule has 1 aliphatic heterocycles. The number of unbranched alkanes of at least 4 members (excludes halogenated alkanes) is 1. The van der Waals surface area contributed by atoms with Crippen LogP contribution in [-0.4, -0.2) is 42.0 Å². The van der Waals surface area contributed by atoms with Crippen molar-refractivity contribution in [3.05, 3.63) is 0 Å². The number of ether oxygens (including phenoxy) is 1. The maximum atomic E-state index is 11.8. The topological polar surface area (TPSA) is 29.5 Å². The molecule has 1 amide bonds. The number of hydrogen-bond acceptors (Lipinski definition) is 2. The van der Waals surface area contributed by atoms with E-state index < -0.39 is 0 Å². The standard InChI is InChI=1S/C11H20ClNO2/c1-9-7-13(8-10(2)15-9)11(14)5-3-4-6-12/h9-10H,3-8H2,1-2H3. The lowest BCUT2D eigenvalue weighted by Crippen LogP contribution is -2.48. The van der Waals surface area contributed by atoms with Gasteiger partial charge in [-0.2, -0.15) is 0 Å². The number of hydrogen-bond donors (Lipinski definition) is 0. The number of amides is 1. The summed E-state index contributed by atoms with van der Waals surface area (Å²) in [7, 11) is 0. The zero-order valence-corrected chi connectivity index (χ0v) is 10.3. The molecule has 0 aliphatic carbocycles. The van der Waals surface area contributed by atoms with E-state index in [9.17, 15) is 4.79 Å². The Morgan fingerprint density at radius 2 is 1.93 bits per heavy atom. The largest absolute Gasteiger partial charge is 0.372 e. The summed E-state index contributed by atoms with van der Waals surface area (Å²) >= 11 is 5.57. The lowest BCUT2D eigenvalue weighted by molar-refractivity contribution is -0.143. The highest BCUT2D eigenvalue weighted by molar-refractivity contribution is 6.17. The Morgan fingerprint density at radius 1 is 1.33 bits per heavy atom. The Labute approximate surface area is 96.7 Å². The fourth-order valence-electron chi connectivity index (χ4n) is 1.91. The molecule has 1 fully saturated rings. The molecule has 0 N–H and O–H groups in total. The van der Waals surface area contributed by atoms with Crippen molar-refractivity contribution in [2.75, 3.05) is 19.0 Å². The zero-order valence-electron chi connectivity index (χ0n) is 9.54. The number of rotatable bonds is 4. The van der Waals surface area contributed by atoms with Gasteiger partial charge in [-0.15, -0.1) is 11.6 Å². The summed E-state index contributed by atoms with van der Waals surface area (Å²) in [5.41, 5.74) is 0. The van der Waals surface area contributed by atoms with Gasteiger partial charge in [-0.3, -0.25) is 4.79 Å². The SMILES string of the molecule is CC1CN(C(=O)CCCCCl)CC(C)O1. The number of nitrogens with zero attached hydrogens (tertiary/aromatic N) is 1. The van der Waals surface area contributed by atoms with Crippen LogP contribution in [0.15, 0.2) is 0 Å². The first-order valence-corrected chi connectivity index (χ1v) is 6.16. The van der Waals surface area contributed by atoms with Crippen LogP contribution in [0.25, 0.3) is 0 Å². The summed E-state index contributed by atoms with van der Waals surface area (Å²) in [6, 6.07) is 0. The first-order valence-electron chi connectivity index (χ1n) is 5.62. The van der Waals surface area contributed by atoms with Gasteiger partial charge in [-0.1, -0.05) is 0 Å². The lowest BCUT2D eigenvalue weighted by Gasteiger charge is -2.35. The molecule has 2 atom stereocenters. The zero-order chi connectivity index (χ0) is 11.3. The minimum atomic E-state index is 0.158. The molecule has 0 aromatic rings. The number of carbonyl (C=O) groups is 1. The van der Waals surface area contributed by atoms with Crippen LogP contribution in [-0.2, 0) is 9.53 Å². The molecule has 2 unspecified atom stereocenters. The van der Waals surface area contributed by atoms with Gasteiger partial charge >= 0.3 is 0 Å². The maximum Gasteiger partial charge on any atom is 0.222 e. The monoisotopic (exact) mass is 233 g/mol. The summed E-state index contributed by atoms with van der Waals surface area (Å²) in [6.45, 7) is 5.47. The molecule has 1 rings (SSSR count). The molecule has 0 saturated carbocycles. The van der Waals surface area contributed by atoms with E-state index in [1.165, 1.54) is 0 Å². The average Bonchev–Trinajstić information content (AvgIpc) is 2.16. The van der Waals surface area contributed by atoms with Crippen molar-refractivity contribution in [1.29, 1.82) is 0 Å². The molecule has 0 aromatic heterocycles. The van der Waals surface area contributed by atoms with Crippen molar-refractivity contribution in [3.63, 3.8) is 0 Å². The van der Waals surface area contributed by atoms with Crippen LogP contribution in [0.3, 0.4) is 0 Å². The second-order valence-corrected chi connectivity index (χ2v) is 4.58. The normalized spacial score (nSPS) is 26.7. The van der Waals surface area contributed by atoms with Crippen LogP contribution < -0.4 is 0 Å². The highest BCUT2D eigenvalue weighted by Gasteiger charge is 2.25. The molecular weight excluding hydrogens is 214 g/mol. The third kappa shape index (κ3) is 4.39. The Kier molecular flexibility index (Phi) is 5.40. The van der Waals surface area contributed by atoms with E-state index in [0.717, 1.165) is 25.9 Å². The third-order valence-electron chi connectivity index (χ3n) is 2.55.